The van der Waals surface area contributed by atoms with Gasteiger partial charge in [0.25, 0.3) is 0 Å². The first kappa shape index (κ1) is 7.14. The zero-order chi connectivity index (χ0) is 7.56. The van der Waals surface area contributed by atoms with E-state index in [0.29, 0.717) is 6.61 Å². The van der Waals surface area contributed by atoms with Crippen molar-refractivity contribution in [2.75, 3.05) is 6.61 Å². The topological polar surface area (TPSA) is 26.3 Å². The monoisotopic (exact) mass is 138 g/mol. The highest BCUT2D eigenvalue weighted by atomic mass is 16.5. The molecule has 0 aliphatic carbocycles. The molecule has 0 aromatic rings. The molecule has 1 fully saturated rings. The van der Waals surface area contributed by atoms with Gasteiger partial charge in [-0.1, -0.05) is 12.8 Å². The number of carbonyl (C=O) groups is 1. The van der Waals surface area contributed by atoms with E-state index in [1.807, 2.05) is 6.92 Å². The number of hydrogen-bond donors (Lipinski definition) is 0. The summed E-state index contributed by atoms with van der Waals surface area (Å²) in [6, 6.07) is 0. The molecule has 0 bridgehead atoms. The quantitative estimate of drug-likeness (QED) is 0.396. The Balaban J connectivity index is 2.65. The Kier molecular flexibility index (Phi) is 1.96. The van der Waals surface area contributed by atoms with Gasteiger partial charge in [0.2, 0.25) is 0 Å². The van der Waals surface area contributed by atoms with Crippen molar-refractivity contribution in [3.8, 4) is 12.3 Å². The number of ether oxygens (including phenoxy) is 1. The van der Waals surface area contributed by atoms with E-state index in [1.165, 1.54) is 0 Å². The van der Waals surface area contributed by atoms with Gasteiger partial charge in [0.05, 0.1) is 11.8 Å². The first-order valence-corrected chi connectivity index (χ1v) is 3.42. The Morgan fingerprint density at radius 1 is 1.90 bits per heavy atom. The predicted molar refractivity (Wildman–Crippen MR) is 37.1 cm³/mol. The van der Waals surface area contributed by atoms with Crippen molar-refractivity contribution in [1.82, 2.24) is 0 Å². The van der Waals surface area contributed by atoms with Crippen LogP contribution < -0.4 is 0 Å². The fourth-order valence-electron chi connectivity index (χ4n) is 1.17. The van der Waals surface area contributed by atoms with Crippen LogP contribution in [0.3, 0.4) is 0 Å². The highest BCUT2D eigenvalue weighted by Gasteiger charge is 2.33. The molecular formula is C8H10O2. The molecule has 0 saturated carbocycles. The Labute approximate surface area is 60.6 Å². The minimum Gasteiger partial charge on any atom is -0.464 e. The molecule has 10 heavy (non-hydrogen) atoms. The van der Waals surface area contributed by atoms with Crippen LogP contribution in [0, 0.1) is 24.2 Å². The van der Waals surface area contributed by atoms with E-state index >= 15 is 0 Å². The highest BCUT2D eigenvalue weighted by molar-refractivity contribution is 5.75. The van der Waals surface area contributed by atoms with Crippen LogP contribution in [0.2, 0.25) is 0 Å². The van der Waals surface area contributed by atoms with Crippen molar-refractivity contribution in [3.63, 3.8) is 0 Å². The van der Waals surface area contributed by atoms with Crippen molar-refractivity contribution >= 4 is 5.97 Å². The van der Waals surface area contributed by atoms with Crippen LogP contribution in [0.4, 0.5) is 0 Å². The third kappa shape index (κ3) is 0.995. The minimum atomic E-state index is -0.134. The van der Waals surface area contributed by atoms with E-state index in [-0.39, 0.29) is 17.8 Å². The molecule has 1 aliphatic heterocycles. The van der Waals surface area contributed by atoms with Crippen LogP contribution in [0.15, 0.2) is 0 Å². The Bertz CT molecular complexity index is 178. The second-order valence-electron chi connectivity index (χ2n) is 2.42. The van der Waals surface area contributed by atoms with E-state index in [4.69, 9.17) is 11.2 Å². The van der Waals surface area contributed by atoms with Gasteiger partial charge in [-0.3, -0.25) is 4.79 Å². The molecule has 0 aromatic carbocycles. The molecule has 0 N–H and O–H groups in total. The van der Waals surface area contributed by atoms with Crippen molar-refractivity contribution in [3.05, 3.63) is 0 Å². The summed E-state index contributed by atoms with van der Waals surface area (Å²) in [4.78, 5) is 10.9. The average molecular weight is 138 g/mol. The van der Waals surface area contributed by atoms with Crippen LogP contribution >= 0.6 is 0 Å². The number of rotatable bonds is 1. The van der Waals surface area contributed by atoms with Crippen LogP contribution in [-0.4, -0.2) is 12.6 Å². The second-order valence-corrected chi connectivity index (χ2v) is 2.42. The van der Waals surface area contributed by atoms with Crippen LogP contribution in [0.5, 0.6) is 0 Å². The molecule has 54 valence electrons. The van der Waals surface area contributed by atoms with Crippen molar-refractivity contribution in [1.29, 1.82) is 0 Å². The van der Waals surface area contributed by atoms with Gasteiger partial charge in [-0.15, -0.1) is 6.42 Å². The summed E-state index contributed by atoms with van der Waals surface area (Å²) in [5, 5.41) is 0. The molecule has 0 aromatic heterocycles. The fraction of sp³-hybridized carbons (Fsp3) is 0.625. The van der Waals surface area contributed by atoms with Crippen molar-refractivity contribution < 1.29 is 9.53 Å². The summed E-state index contributed by atoms with van der Waals surface area (Å²) in [5.74, 6) is 2.38. The van der Waals surface area contributed by atoms with Gasteiger partial charge in [0.1, 0.15) is 6.61 Å². The molecular weight excluding hydrogens is 128 g/mol. The van der Waals surface area contributed by atoms with Crippen LogP contribution in [0.1, 0.15) is 13.3 Å². The zero-order valence-corrected chi connectivity index (χ0v) is 5.96. The first-order chi connectivity index (χ1) is 4.79. The molecule has 1 aliphatic rings. The maximum absolute atomic E-state index is 10.9. The summed E-state index contributed by atoms with van der Waals surface area (Å²) in [6.07, 6.45) is 5.97. The third-order valence-electron chi connectivity index (χ3n) is 1.85. The summed E-state index contributed by atoms with van der Waals surface area (Å²) >= 11 is 0. The van der Waals surface area contributed by atoms with Gasteiger partial charge >= 0.3 is 5.97 Å². The van der Waals surface area contributed by atoms with E-state index in [2.05, 4.69) is 5.92 Å². The second kappa shape index (κ2) is 2.74. The summed E-state index contributed by atoms with van der Waals surface area (Å²) < 4.78 is 4.78. The summed E-state index contributed by atoms with van der Waals surface area (Å²) in [5.41, 5.74) is 0. The highest BCUT2D eigenvalue weighted by Crippen LogP contribution is 2.23. The molecule has 2 atom stereocenters. The molecule has 0 amide bonds. The Morgan fingerprint density at radius 3 is 3.00 bits per heavy atom. The lowest BCUT2D eigenvalue weighted by molar-refractivity contribution is -0.141. The molecule has 2 heteroatoms. The molecule has 0 spiro atoms. The number of hydrogen-bond acceptors (Lipinski definition) is 2. The average Bonchev–Trinajstić information content (AvgIpc) is 2.30. The lowest BCUT2D eigenvalue weighted by Gasteiger charge is -2.03. The predicted octanol–water partition coefficient (Wildman–Crippen LogP) is 0.819. The van der Waals surface area contributed by atoms with Crippen LogP contribution in [0.25, 0.3) is 0 Å². The molecule has 1 rings (SSSR count). The molecule has 2 unspecified atom stereocenters. The first-order valence-electron chi connectivity index (χ1n) is 3.42. The van der Waals surface area contributed by atoms with Crippen molar-refractivity contribution in [2.24, 2.45) is 11.8 Å². The van der Waals surface area contributed by atoms with Gasteiger partial charge < -0.3 is 4.74 Å². The van der Waals surface area contributed by atoms with E-state index in [9.17, 15) is 4.79 Å². The van der Waals surface area contributed by atoms with Gasteiger partial charge in [-0.05, 0) is 6.42 Å². The standard InChI is InChI=1S/C8H10O2/c1-3-6-5-10-8(9)7(6)4-2/h1,6-7H,4-5H2,2H3. The maximum Gasteiger partial charge on any atom is 0.310 e. The smallest absolute Gasteiger partial charge is 0.310 e. The number of carbonyl (C=O) groups excluding carboxylic acids is 1. The fourth-order valence-corrected chi connectivity index (χ4v) is 1.17. The van der Waals surface area contributed by atoms with Gasteiger partial charge in [0, 0.05) is 0 Å². The van der Waals surface area contributed by atoms with Crippen LogP contribution in [-0.2, 0) is 9.53 Å². The lowest BCUT2D eigenvalue weighted by atomic mass is 9.94. The Morgan fingerprint density at radius 2 is 2.60 bits per heavy atom. The molecule has 1 saturated heterocycles. The Hall–Kier alpha value is -0.970. The molecule has 1 heterocycles. The minimum absolute atomic E-state index is 0.0116. The third-order valence-corrected chi connectivity index (χ3v) is 1.85. The summed E-state index contributed by atoms with van der Waals surface area (Å²) in [6.45, 7) is 2.36. The number of cyclic esters (lactones) is 1. The van der Waals surface area contributed by atoms with Gasteiger partial charge in [-0.2, -0.15) is 0 Å². The summed E-state index contributed by atoms with van der Waals surface area (Å²) in [7, 11) is 0. The largest absolute Gasteiger partial charge is 0.464 e. The lowest BCUT2D eigenvalue weighted by Crippen LogP contribution is -2.12. The van der Waals surface area contributed by atoms with E-state index < -0.39 is 0 Å². The maximum atomic E-state index is 10.9. The zero-order valence-electron chi connectivity index (χ0n) is 5.96. The molecule has 2 nitrogen and oxygen atoms in total. The molecule has 0 radical (unpaired) electrons. The number of terminal acetylenes is 1. The number of esters is 1. The van der Waals surface area contributed by atoms with Gasteiger partial charge in [-0.25, -0.2) is 0 Å². The van der Waals surface area contributed by atoms with E-state index in [0.717, 1.165) is 6.42 Å². The normalized spacial score (nSPS) is 31.4. The van der Waals surface area contributed by atoms with Crippen molar-refractivity contribution in [2.45, 2.75) is 13.3 Å². The SMILES string of the molecule is C#CC1COC(=O)C1CC. The van der Waals surface area contributed by atoms with E-state index in [1.54, 1.807) is 0 Å². The van der Waals surface area contributed by atoms with Gasteiger partial charge in [0.15, 0.2) is 0 Å².